The average Bonchev–Trinajstić information content (AvgIpc) is 3.15. The van der Waals surface area contributed by atoms with E-state index in [1.165, 1.54) is 0 Å². The average molecular weight is 324 g/mol. The number of Topliss-reactive ketones (excluding diaryl/α,β-unsaturated/α-hetero) is 2. The van der Waals surface area contributed by atoms with Gasteiger partial charge in [-0.15, -0.1) is 0 Å². The maximum atomic E-state index is 13.0. The summed E-state index contributed by atoms with van der Waals surface area (Å²) in [6, 6.07) is 9.24. The number of ether oxygens (including phenoxy) is 1. The number of carbonyl (C=O) groups excluding carboxylic acids is 3. The van der Waals surface area contributed by atoms with Crippen LogP contribution in [-0.4, -0.2) is 24.1 Å². The van der Waals surface area contributed by atoms with Crippen LogP contribution in [0.15, 0.2) is 42.5 Å². The molecule has 3 aliphatic carbocycles. The Morgan fingerprint density at radius 1 is 1.04 bits per heavy atom. The van der Waals surface area contributed by atoms with Crippen LogP contribution in [0.25, 0.3) is 0 Å². The Kier molecular flexibility index (Phi) is 3.27. The summed E-state index contributed by atoms with van der Waals surface area (Å²) in [4.78, 5) is 38.6. The number of benzene rings is 1. The van der Waals surface area contributed by atoms with Gasteiger partial charge in [-0.1, -0.05) is 42.5 Å². The third-order valence-electron chi connectivity index (χ3n) is 6.15. The normalized spacial score (nSPS) is 39.3. The number of ketones is 2. The van der Waals surface area contributed by atoms with E-state index >= 15 is 0 Å². The number of hydrogen-bond acceptors (Lipinski definition) is 4. The standard InChI is InChI=1S/C20H20O4/c1-3-24-19(23)20(2)12-9-10-13(20)16-15(12)17(21)14(18(16)22)11-7-5-4-6-8-11/h4-10,12-16H,3H2,1-2H3/t12-,13+,14?,15+,16-,20?. The number of hydrogen-bond donors (Lipinski definition) is 0. The van der Waals surface area contributed by atoms with Crippen LogP contribution in [0.2, 0.25) is 0 Å². The van der Waals surface area contributed by atoms with Crippen LogP contribution in [0, 0.1) is 29.1 Å². The molecule has 4 rings (SSSR count). The van der Waals surface area contributed by atoms with Crippen molar-refractivity contribution in [2.24, 2.45) is 29.1 Å². The maximum absolute atomic E-state index is 13.0. The van der Waals surface area contributed by atoms with E-state index in [1.54, 1.807) is 6.92 Å². The van der Waals surface area contributed by atoms with Crippen molar-refractivity contribution in [2.75, 3.05) is 6.61 Å². The fourth-order valence-electron chi connectivity index (χ4n) is 5.06. The van der Waals surface area contributed by atoms with E-state index in [1.807, 2.05) is 49.4 Å². The predicted molar refractivity (Wildman–Crippen MR) is 87.0 cm³/mol. The van der Waals surface area contributed by atoms with Crippen molar-refractivity contribution in [1.82, 2.24) is 0 Å². The molecule has 4 heteroatoms. The minimum atomic E-state index is -0.793. The van der Waals surface area contributed by atoms with E-state index in [0.29, 0.717) is 6.61 Å². The van der Waals surface area contributed by atoms with Gasteiger partial charge in [0.15, 0.2) is 11.6 Å². The summed E-state index contributed by atoms with van der Waals surface area (Å²) in [7, 11) is 0. The molecule has 2 unspecified atom stereocenters. The van der Waals surface area contributed by atoms with Crippen molar-refractivity contribution >= 4 is 17.5 Å². The number of fused-ring (bicyclic) bond motifs is 5. The molecule has 3 aliphatic rings. The zero-order valence-electron chi connectivity index (χ0n) is 13.8. The molecule has 2 saturated carbocycles. The number of carbonyl (C=O) groups is 3. The van der Waals surface area contributed by atoms with Crippen molar-refractivity contribution in [3.63, 3.8) is 0 Å². The molecule has 24 heavy (non-hydrogen) atoms. The van der Waals surface area contributed by atoms with Crippen molar-refractivity contribution < 1.29 is 19.1 Å². The molecule has 4 nitrogen and oxygen atoms in total. The van der Waals surface area contributed by atoms with Crippen LogP contribution >= 0.6 is 0 Å². The van der Waals surface area contributed by atoms with E-state index in [9.17, 15) is 14.4 Å². The Morgan fingerprint density at radius 3 is 2.08 bits per heavy atom. The SMILES string of the molecule is CCOC(=O)C1(C)[C@@H]2C=C[C@H]1[C@H]1C(=O)C(c3ccccc3)C(=O)[C@H]12. The molecule has 0 spiro atoms. The quantitative estimate of drug-likeness (QED) is 0.487. The summed E-state index contributed by atoms with van der Waals surface area (Å²) in [6.45, 7) is 3.92. The highest BCUT2D eigenvalue weighted by molar-refractivity contribution is 6.17. The first-order valence-electron chi connectivity index (χ1n) is 8.49. The maximum Gasteiger partial charge on any atom is 0.313 e. The summed E-state index contributed by atoms with van der Waals surface area (Å²) in [5, 5.41) is 0. The van der Waals surface area contributed by atoms with Gasteiger partial charge in [0.25, 0.3) is 0 Å². The molecule has 0 heterocycles. The molecule has 0 aromatic heterocycles. The lowest BCUT2D eigenvalue weighted by atomic mass is 9.74. The molecular formula is C20H20O4. The van der Waals surface area contributed by atoms with Gasteiger partial charge >= 0.3 is 5.97 Å². The Bertz CT molecular complexity index is 716. The van der Waals surface area contributed by atoms with Gasteiger partial charge in [-0.3, -0.25) is 14.4 Å². The van der Waals surface area contributed by atoms with E-state index in [2.05, 4.69) is 0 Å². The second-order valence-corrected chi connectivity index (χ2v) is 7.14. The molecule has 0 aliphatic heterocycles. The summed E-state index contributed by atoms with van der Waals surface area (Å²) in [5.74, 6) is -2.33. The zero-order valence-corrected chi connectivity index (χ0v) is 13.8. The second kappa shape index (κ2) is 5.13. The van der Waals surface area contributed by atoms with E-state index < -0.39 is 23.2 Å². The molecule has 124 valence electrons. The first-order chi connectivity index (χ1) is 11.5. The molecule has 2 bridgehead atoms. The Hall–Kier alpha value is -2.23. The predicted octanol–water partition coefficient (Wildman–Crippen LogP) is 2.54. The molecule has 1 aromatic carbocycles. The highest BCUT2D eigenvalue weighted by atomic mass is 16.5. The first kappa shape index (κ1) is 15.3. The smallest absolute Gasteiger partial charge is 0.313 e. The van der Waals surface area contributed by atoms with Gasteiger partial charge in [-0.05, 0) is 19.4 Å². The van der Waals surface area contributed by atoms with Gasteiger partial charge in [0, 0.05) is 23.7 Å². The van der Waals surface area contributed by atoms with Crippen LogP contribution in [0.3, 0.4) is 0 Å². The number of rotatable bonds is 3. The lowest BCUT2D eigenvalue weighted by Crippen LogP contribution is -2.38. The van der Waals surface area contributed by atoms with Gasteiger partial charge in [0.2, 0.25) is 0 Å². The minimum Gasteiger partial charge on any atom is -0.466 e. The van der Waals surface area contributed by atoms with Crippen LogP contribution in [0.4, 0.5) is 0 Å². The van der Waals surface area contributed by atoms with E-state index in [-0.39, 0.29) is 29.4 Å². The molecule has 0 saturated heterocycles. The van der Waals surface area contributed by atoms with Crippen LogP contribution < -0.4 is 0 Å². The Labute approximate surface area is 140 Å². The summed E-state index contributed by atoms with van der Waals surface area (Å²) >= 11 is 0. The highest BCUT2D eigenvalue weighted by Gasteiger charge is 2.71. The summed E-state index contributed by atoms with van der Waals surface area (Å²) in [5.41, 5.74) is -0.0302. The zero-order chi connectivity index (χ0) is 17.1. The van der Waals surface area contributed by atoms with Gasteiger partial charge in [-0.25, -0.2) is 0 Å². The second-order valence-electron chi connectivity index (χ2n) is 7.14. The van der Waals surface area contributed by atoms with Gasteiger partial charge < -0.3 is 4.74 Å². The van der Waals surface area contributed by atoms with Gasteiger partial charge in [0.1, 0.15) is 5.92 Å². The molecular weight excluding hydrogens is 304 g/mol. The van der Waals surface area contributed by atoms with Crippen molar-refractivity contribution in [3.8, 4) is 0 Å². The topological polar surface area (TPSA) is 60.4 Å². The summed E-state index contributed by atoms with van der Waals surface area (Å²) < 4.78 is 5.26. The van der Waals surface area contributed by atoms with E-state index in [0.717, 1.165) is 5.56 Å². The lowest BCUT2D eigenvalue weighted by molar-refractivity contribution is -0.157. The van der Waals surface area contributed by atoms with Gasteiger partial charge in [0.05, 0.1) is 12.0 Å². The lowest BCUT2D eigenvalue weighted by Gasteiger charge is -2.29. The molecule has 2 fully saturated rings. The fraction of sp³-hybridized carbons (Fsp3) is 0.450. The summed E-state index contributed by atoms with van der Waals surface area (Å²) in [6.07, 6.45) is 3.89. The highest BCUT2D eigenvalue weighted by Crippen LogP contribution is 2.64. The van der Waals surface area contributed by atoms with Crippen molar-refractivity contribution in [2.45, 2.75) is 19.8 Å². The Balaban J connectivity index is 1.72. The van der Waals surface area contributed by atoms with Crippen molar-refractivity contribution in [3.05, 3.63) is 48.0 Å². The molecule has 0 radical (unpaired) electrons. The third-order valence-corrected chi connectivity index (χ3v) is 6.15. The van der Waals surface area contributed by atoms with E-state index in [4.69, 9.17) is 4.74 Å². The number of esters is 1. The molecule has 0 amide bonds. The van der Waals surface area contributed by atoms with Crippen molar-refractivity contribution in [1.29, 1.82) is 0 Å². The van der Waals surface area contributed by atoms with Crippen LogP contribution in [0.1, 0.15) is 25.3 Å². The Morgan fingerprint density at radius 2 is 1.58 bits per heavy atom. The molecule has 6 atom stereocenters. The monoisotopic (exact) mass is 324 g/mol. The first-order valence-corrected chi connectivity index (χ1v) is 8.49. The largest absolute Gasteiger partial charge is 0.466 e. The number of allylic oxidation sites excluding steroid dienone is 2. The fourth-order valence-corrected chi connectivity index (χ4v) is 5.06. The van der Waals surface area contributed by atoms with Crippen LogP contribution in [-0.2, 0) is 19.1 Å². The molecule has 0 N–H and O–H groups in total. The molecule has 1 aromatic rings. The van der Waals surface area contributed by atoms with Gasteiger partial charge in [-0.2, -0.15) is 0 Å². The third kappa shape index (κ3) is 1.71. The van der Waals surface area contributed by atoms with Crippen LogP contribution in [0.5, 0.6) is 0 Å². The minimum absolute atomic E-state index is 0.0384.